The maximum absolute atomic E-state index is 12.7. The number of rotatable bonds is 4. The summed E-state index contributed by atoms with van der Waals surface area (Å²) < 4.78 is 10.9. The van der Waals surface area contributed by atoms with E-state index in [1.54, 1.807) is 4.90 Å². The molecule has 0 unspecified atom stereocenters. The van der Waals surface area contributed by atoms with Crippen LogP contribution in [0.2, 0.25) is 0 Å². The first-order valence-corrected chi connectivity index (χ1v) is 10.3. The fourth-order valence-corrected chi connectivity index (χ4v) is 4.74. The zero-order valence-electron chi connectivity index (χ0n) is 16.6. The van der Waals surface area contributed by atoms with Crippen LogP contribution in [-0.4, -0.2) is 78.5 Å². The maximum Gasteiger partial charge on any atom is 0.409 e. The number of ether oxygens (including phenoxy) is 2. The van der Waals surface area contributed by atoms with E-state index in [1.807, 2.05) is 29.2 Å². The van der Waals surface area contributed by atoms with Gasteiger partial charge in [0.1, 0.15) is 6.61 Å². The zero-order valence-corrected chi connectivity index (χ0v) is 16.6. The molecule has 156 valence electrons. The molecular formula is C23H24N2O5. The number of carbonyl (C=O) groups is 2. The normalized spacial score (nSPS) is 20.2. The highest BCUT2D eigenvalue weighted by Crippen LogP contribution is 2.44. The molecule has 5 rings (SSSR count). The molecule has 0 radical (unpaired) electrons. The third-order valence-electron chi connectivity index (χ3n) is 6.56. The number of aliphatic carboxylic acids is 1. The van der Waals surface area contributed by atoms with Crippen LogP contribution in [0.25, 0.3) is 11.1 Å². The highest BCUT2D eigenvalue weighted by Gasteiger charge is 2.52. The van der Waals surface area contributed by atoms with Crippen LogP contribution in [0.15, 0.2) is 48.5 Å². The summed E-state index contributed by atoms with van der Waals surface area (Å²) in [5.74, 6) is -0.826. The number of carboxylic acids is 1. The van der Waals surface area contributed by atoms with Crippen LogP contribution in [0.3, 0.4) is 0 Å². The van der Waals surface area contributed by atoms with E-state index in [4.69, 9.17) is 9.47 Å². The monoisotopic (exact) mass is 408 g/mol. The van der Waals surface area contributed by atoms with Gasteiger partial charge < -0.3 is 19.5 Å². The first-order chi connectivity index (χ1) is 14.6. The molecular weight excluding hydrogens is 384 g/mol. The molecule has 2 aromatic carbocycles. The summed E-state index contributed by atoms with van der Waals surface area (Å²) in [7, 11) is 0. The number of carbonyl (C=O) groups excluding carboxylic acids is 1. The van der Waals surface area contributed by atoms with Crippen LogP contribution in [0.4, 0.5) is 4.79 Å². The number of hydrogen-bond donors (Lipinski definition) is 1. The Kier molecular flexibility index (Phi) is 4.72. The molecule has 0 spiro atoms. The molecule has 0 atom stereocenters. The molecule has 1 amide bonds. The summed E-state index contributed by atoms with van der Waals surface area (Å²) in [5.41, 5.74) is 3.83. The minimum atomic E-state index is -0.937. The van der Waals surface area contributed by atoms with Crippen molar-refractivity contribution in [1.82, 2.24) is 9.80 Å². The number of carboxylic acid groups (broad SMARTS) is 1. The Morgan fingerprint density at radius 3 is 2.03 bits per heavy atom. The maximum atomic E-state index is 12.7. The van der Waals surface area contributed by atoms with E-state index >= 15 is 0 Å². The molecule has 7 nitrogen and oxygen atoms in total. The minimum Gasteiger partial charge on any atom is -0.480 e. The van der Waals surface area contributed by atoms with Crippen LogP contribution in [0.5, 0.6) is 0 Å². The van der Waals surface area contributed by atoms with Crippen LogP contribution in [-0.2, 0) is 14.3 Å². The van der Waals surface area contributed by atoms with E-state index < -0.39 is 11.5 Å². The lowest BCUT2D eigenvalue weighted by Crippen LogP contribution is -2.70. The van der Waals surface area contributed by atoms with Gasteiger partial charge in [-0.25, -0.2) is 4.79 Å². The van der Waals surface area contributed by atoms with Gasteiger partial charge in [-0.05, 0) is 22.3 Å². The lowest BCUT2D eigenvalue weighted by atomic mass is 9.94. The number of hydrogen-bond acceptors (Lipinski definition) is 5. The third kappa shape index (κ3) is 2.97. The van der Waals surface area contributed by atoms with Gasteiger partial charge in [0.15, 0.2) is 5.54 Å². The van der Waals surface area contributed by atoms with Gasteiger partial charge in [0, 0.05) is 32.1 Å². The second-order valence-corrected chi connectivity index (χ2v) is 8.11. The van der Waals surface area contributed by atoms with Gasteiger partial charge in [-0.2, -0.15) is 0 Å². The van der Waals surface area contributed by atoms with Gasteiger partial charge in [-0.3, -0.25) is 9.69 Å². The van der Waals surface area contributed by atoms with Crippen molar-refractivity contribution >= 4 is 12.1 Å². The van der Waals surface area contributed by atoms with E-state index in [2.05, 4.69) is 24.3 Å². The van der Waals surface area contributed by atoms with Crippen molar-refractivity contribution in [3.8, 4) is 11.1 Å². The zero-order chi connectivity index (χ0) is 20.7. The highest BCUT2D eigenvalue weighted by molar-refractivity contribution is 5.80. The Labute approximate surface area is 174 Å². The molecule has 1 aliphatic carbocycles. The van der Waals surface area contributed by atoms with Gasteiger partial charge >= 0.3 is 12.1 Å². The molecule has 2 saturated heterocycles. The SMILES string of the molecule is O=C(OCC1c2ccccc2-c2ccccc21)N1CCN(C2(C(=O)O)COC2)CC1. The van der Waals surface area contributed by atoms with Gasteiger partial charge in [0.05, 0.1) is 13.2 Å². The second-order valence-electron chi connectivity index (χ2n) is 8.11. The van der Waals surface area contributed by atoms with Crippen molar-refractivity contribution in [3.05, 3.63) is 59.7 Å². The fourth-order valence-electron chi connectivity index (χ4n) is 4.74. The summed E-state index contributed by atoms with van der Waals surface area (Å²) in [4.78, 5) is 27.9. The molecule has 0 saturated carbocycles. The van der Waals surface area contributed by atoms with Crippen LogP contribution in [0.1, 0.15) is 17.0 Å². The first kappa shape index (κ1) is 19.1. The van der Waals surface area contributed by atoms with Crippen molar-refractivity contribution in [2.45, 2.75) is 11.5 Å². The first-order valence-electron chi connectivity index (χ1n) is 10.3. The number of benzene rings is 2. The lowest BCUT2D eigenvalue weighted by molar-refractivity contribution is -0.190. The van der Waals surface area contributed by atoms with Crippen LogP contribution >= 0.6 is 0 Å². The van der Waals surface area contributed by atoms with Crippen LogP contribution < -0.4 is 0 Å². The van der Waals surface area contributed by atoms with Gasteiger partial charge in [-0.15, -0.1) is 0 Å². The molecule has 30 heavy (non-hydrogen) atoms. The van der Waals surface area contributed by atoms with Gasteiger partial charge in [0.25, 0.3) is 0 Å². The molecule has 0 aromatic heterocycles. The summed E-state index contributed by atoms with van der Waals surface area (Å²) in [5, 5.41) is 9.55. The van der Waals surface area contributed by atoms with E-state index in [1.165, 1.54) is 22.3 Å². The Bertz CT molecular complexity index is 934. The Balaban J connectivity index is 1.22. The van der Waals surface area contributed by atoms with Gasteiger partial charge in [0.2, 0.25) is 0 Å². The summed E-state index contributed by atoms with van der Waals surface area (Å²) in [6, 6.07) is 16.5. The van der Waals surface area contributed by atoms with Crippen molar-refractivity contribution in [3.63, 3.8) is 0 Å². The predicted octanol–water partition coefficient (Wildman–Crippen LogP) is 2.41. The number of piperazine rings is 1. The van der Waals surface area contributed by atoms with Crippen molar-refractivity contribution < 1.29 is 24.2 Å². The fraction of sp³-hybridized carbons (Fsp3) is 0.391. The Morgan fingerprint density at radius 1 is 0.967 bits per heavy atom. The van der Waals surface area contributed by atoms with E-state index in [-0.39, 0.29) is 25.2 Å². The molecule has 2 aliphatic heterocycles. The molecule has 2 aromatic rings. The summed E-state index contributed by atoms with van der Waals surface area (Å²) in [6.07, 6.45) is -0.342. The van der Waals surface area contributed by atoms with Crippen LogP contribution in [0, 0.1) is 0 Å². The number of nitrogens with zero attached hydrogens (tertiary/aromatic N) is 2. The molecule has 7 heteroatoms. The molecule has 2 heterocycles. The molecule has 1 N–H and O–H groups in total. The summed E-state index contributed by atoms with van der Waals surface area (Å²) >= 11 is 0. The van der Waals surface area contributed by atoms with Gasteiger partial charge in [-0.1, -0.05) is 48.5 Å². The van der Waals surface area contributed by atoms with E-state index in [9.17, 15) is 14.7 Å². The average Bonchev–Trinajstić information content (AvgIpc) is 3.05. The highest BCUT2D eigenvalue weighted by atomic mass is 16.6. The summed E-state index contributed by atoms with van der Waals surface area (Å²) in [6.45, 7) is 2.59. The molecule has 3 aliphatic rings. The topological polar surface area (TPSA) is 79.3 Å². The standard InChI is InChI=1S/C23H24N2O5/c26-21(27)23(14-29-15-23)25-11-9-24(10-12-25)22(28)30-13-20-18-7-3-1-5-16(18)17-6-2-4-8-19(17)20/h1-8,20H,9-15H2,(H,26,27). The molecule has 0 bridgehead atoms. The van der Waals surface area contributed by atoms with E-state index in [0.717, 1.165) is 0 Å². The number of fused-ring (bicyclic) bond motifs is 3. The third-order valence-corrected chi connectivity index (χ3v) is 6.56. The lowest BCUT2D eigenvalue weighted by Gasteiger charge is -2.48. The minimum absolute atomic E-state index is 0.0324. The average molecular weight is 408 g/mol. The van der Waals surface area contributed by atoms with Crippen molar-refractivity contribution in [1.29, 1.82) is 0 Å². The van der Waals surface area contributed by atoms with Crippen molar-refractivity contribution in [2.75, 3.05) is 46.0 Å². The van der Waals surface area contributed by atoms with Crippen molar-refractivity contribution in [2.24, 2.45) is 0 Å². The molecule has 2 fully saturated rings. The predicted molar refractivity (Wildman–Crippen MR) is 109 cm³/mol. The smallest absolute Gasteiger partial charge is 0.409 e. The largest absolute Gasteiger partial charge is 0.480 e. The Morgan fingerprint density at radius 2 is 1.53 bits per heavy atom. The van der Waals surface area contributed by atoms with E-state index in [0.29, 0.717) is 32.8 Å². The quantitative estimate of drug-likeness (QED) is 0.837. The number of amides is 1. The Hall–Kier alpha value is -2.90. The second kappa shape index (κ2) is 7.41.